The van der Waals surface area contributed by atoms with Gasteiger partial charge in [0.1, 0.15) is 11.1 Å². The number of halogens is 3. The first-order valence-electron chi connectivity index (χ1n) is 12.3. The van der Waals surface area contributed by atoms with Gasteiger partial charge >= 0.3 is 12.1 Å². The zero-order valence-corrected chi connectivity index (χ0v) is 22.9. The van der Waals surface area contributed by atoms with Gasteiger partial charge in [-0.15, -0.1) is 0 Å². The second kappa shape index (κ2) is 10.6. The Balaban J connectivity index is 1.91. The van der Waals surface area contributed by atoms with E-state index in [1.807, 2.05) is 19.1 Å². The number of benzene rings is 1. The molecule has 0 amide bonds. The summed E-state index contributed by atoms with van der Waals surface area (Å²) in [5.41, 5.74) is 0.658. The van der Waals surface area contributed by atoms with Crippen LogP contribution in [0, 0.1) is 0 Å². The fourth-order valence-electron chi connectivity index (χ4n) is 3.63. The number of ether oxygens (including phenoxy) is 2. The molecule has 1 fully saturated rings. The third-order valence-electron chi connectivity index (χ3n) is 7.24. The van der Waals surface area contributed by atoms with E-state index >= 15 is 0 Å². The minimum Gasteiger partial charge on any atom is -0.465 e. The number of hydrogen-bond donors (Lipinski definition) is 0. The number of carbonyl (C=O) groups is 1. The Labute approximate surface area is 212 Å². The summed E-state index contributed by atoms with van der Waals surface area (Å²) in [5.74, 6) is -0.311. The van der Waals surface area contributed by atoms with E-state index in [2.05, 4.69) is 38.8 Å². The van der Waals surface area contributed by atoms with Crippen LogP contribution in [-0.2, 0) is 36.9 Å². The van der Waals surface area contributed by atoms with E-state index in [0.717, 1.165) is 24.5 Å². The van der Waals surface area contributed by atoms with Crippen LogP contribution in [0.3, 0.4) is 0 Å². The molecule has 198 valence electrons. The molecule has 0 atom stereocenters. The smallest absolute Gasteiger partial charge is 0.433 e. The van der Waals surface area contributed by atoms with Gasteiger partial charge in [-0.3, -0.25) is 9.78 Å². The molecule has 2 heterocycles. The molecule has 9 heteroatoms. The van der Waals surface area contributed by atoms with Crippen LogP contribution in [0.15, 0.2) is 36.5 Å². The molecule has 36 heavy (non-hydrogen) atoms. The molecule has 1 aliphatic rings. The van der Waals surface area contributed by atoms with Crippen molar-refractivity contribution in [3.63, 3.8) is 0 Å². The summed E-state index contributed by atoms with van der Waals surface area (Å²) >= 11 is 0. The first-order valence-corrected chi connectivity index (χ1v) is 15.2. The highest BCUT2D eigenvalue weighted by Crippen LogP contribution is 2.39. The first-order chi connectivity index (χ1) is 16.7. The summed E-state index contributed by atoms with van der Waals surface area (Å²) in [6, 6.07) is 8.30. The van der Waals surface area contributed by atoms with Crippen molar-refractivity contribution in [3.8, 4) is 11.1 Å². The molecule has 0 bridgehead atoms. The second-order valence-electron chi connectivity index (χ2n) is 10.9. The van der Waals surface area contributed by atoms with Crippen molar-refractivity contribution >= 4 is 14.3 Å². The lowest BCUT2D eigenvalue weighted by atomic mass is 9.78. The Morgan fingerprint density at radius 3 is 2.28 bits per heavy atom. The number of alkyl halides is 3. The number of carbonyl (C=O) groups excluding carboxylic acids is 1. The maximum Gasteiger partial charge on any atom is 0.433 e. The van der Waals surface area contributed by atoms with Gasteiger partial charge in [0.25, 0.3) is 0 Å². The number of esters is 1. The zero-order chi connectivity index (χ0) is 26.8. The SMILES string of the molecule is CCCCOC(=O)C1(c2ccc(-c3cnc(C(F)(F)F)cc3CO[Si](C)(C)C(C)(C)C)cc2)COC1. The molecule has 1 aliphatic heterocycles. The average Bonchev–Trinajstić information content (AvgIpc) is 2.76. The lowest BCUT2D eigenvalue weighted by molar-refractivity contribution is -0.170. The quantitative estimate of drug-likeness (QED) is 0.203. The fourth-order valence-corrected chi connectivity index (χ4v) is 4.58. The Morgan fingerprint density at radius 1 is 1.14 bits per heavy atom. The minimum absolute atomic E-state index is 0.0563. The summed E-state index contributed by atoms with van der Waals surface area (Å²) in [6.07, 6.45) is -1.58. The highest BCUT2D eigenvalue weighted by Gasteiger charge is 2.49. The largest absolute Gasteiger partial charge is 0.465 e. The van der Waals surface area contributed by atoms with Gasteiger partial charge in [-0.1, -0.05) is 58.4 Å². The standard InChI is InChI=1S/C27H36F3NO4Si/c1-7-8-13-34-24(32)26(17-33-18-26)21-11-9-19(10-12-21)22-15-31-23(27(28,29)30)14-20(22)16-35-36(5,6)25(2,3)4/h9-12,14-15H,7-8,13,16-18H2,1-6H3. The van der Waals surface area contributed by atoms with Gasteiger partial charge in [0, 0.05) is 11.8 Å². The maximum atomic E-state index is 13.4. The number of hydrogen-bond acceptors (Lipinski definition) is 5. The maximum absolute atomic E-state index is 13.4. The van der Waals surface area contributed by atoms with Gasteiger partial charge in [0.2, 0.25) is 0 Å². The minimum atomic E-state index is -4.55. The molecule has 5 nitrogen and oxygen atoms in total. The Morgan fingerprint density at radius 2 is 1.78 bits per heavy atom. The van der Waals surface area contributed by atoms with E-state index in [4.69, 9.17) is 13.9 Å². The molecule has 1 saturated heterocycles. The third-order valence-corrected chi connectivity index (χ3v) is 11.7. The van der Waals surface area contributed by atoms with Gasteiger partial charge in [-0.25, -0.2) is 0 Å². The average molecular weight is 524 g/mol. The Bertz CT molecular complexity index is 1060. The monoisotopic (exact) mass is 523 g/mol. The van der Waals surface area contributed by atoms with Gasteiger partial charge in [0.05, 0.1) is 26.4 Å². The Kier molecular flexibility index (Phi) is 8.37. The highest BCUT2D eigenvalue weighted by molar-refractivity contribution is 6.74. The predicted octanol–water partition coefficient (Wildman–Crippen LogP) is 6.90. The van der Waals surface area contributed by atoms with Crippen LogP contribution in [0.4, 0.5) is 13.2 Å². The molecule has 0 N–H and O–H groups in total. The van der Waals surface area contributed by atoms with Crippen LogP contribution in [0.25, 0.3) is 11.1 Å². The molecule has 0 unspecified atom stereocenters. The molecule has 0 spiro atoms. The van der Waals surface area contributed by atoms with Crippen LogP contribution in [0.2, 0.25) is 18.1 Å². The molecular formula is C27H36F3NO4Si. The van der Waals surface area contributed by atoms with Gasteiger partial charge < -0.3 is 13.9 Å². The van der Waals surface area contributed by atoms with E-state index in [-0.39, 0.29) is 30.8 Å². The van der Waals surface area contributed by atoms with Crippen molar-refractivity contribution in [1.29, 1.82) is 0 Å². The van der Waals surface area contributed by atoms with Gasteiger partial charge in [-0.05, 0) is 47.3 Å². The number of nitrogens with zero attached hydrogens (tertiary/aromatic N) is 1. The molecule has 0 radical (unpaired) electrons. The first kappa shape index (κ1) is 28.3. The van der Waals surface area contributed by atoms with Crippen LogP contribution in [0.5, 0.6) is 0 Å². The van der Waals surface area contributed by atoms with Crippen molar-refractivity contribution in [3.05, 3.63) is 53.3 Å². The molecule has 1 aromatic carbocycles. The van der Waals surface area contributed by atoms with Crippen molar-refractivity contribution < 1.29 is 31.9 Å². The van der Waals surface area contributed by atoms with E-state index < -0.39 is 25.6 Å². The predicted molar refractivity (Wildman–Crippen MR) is 135 cm³/mol. The fraction of sp³-hybridized carbons (Fsp3) is 0.556. The summed E-state index contributed by atoms with van der Waals surface area (Å²) in [4.78, 5) is 16.5. The highest BCUT2D eigenvalue weighted by atomic mass is 28.4. The van der Waals surface area contributed by atoms with E-state index in [9.17, 15) is 18.0 Å². The van der Waals surface area contributed by atoms with E-state index in [1.54, 1.807) is 12.1 Å². The van der Waals surface area contributed by atoms with Crippen LogP contribution in [0.1, 0.15) is 57.4 Å². The van der Waals surface area contributed by atoms with Crippen molar-refractivity contribution in [1.82, 2.24) is 4.98 Å². The third kappa shape index (κ3) is 6.00. The number of pyridine rings is 1. The zero-order valence-electron chi connectivity index (χ0n) is 21.9. The molecule has 2 aromatic rings. The Hall–Kier alpha value is -2.23. The molecule has 0 aliphatic carbocycles. The lowest BCUT2D eigenvalue weighted by Crippen LogP contribution is -2.53. The van der Waals surface area contributed by atoms with Crippen LogP contribution in [-0.4, -0.2) is 39.1 Å². The summed E-state index contributed by atoms with van der Waals surface area (Å²) in [7, 11) is -2.20. The second-order valence-corrected chi connectivity index (χ2v) is 15.7. The number of unbranched alkanes of at least 4 members (excludes halogenated alkanes) is 1. The summed E-state index contributed by atoms with van der Waals surface area (Å²) in [5, 5.41) is -0.0837. The molecule has 1 aromatic heterocycles. The molecule has 0 saturated carbocycles. The summed E-state index contributed by atoms with van der Waals surface area (Å²) < 4.78 is 57.4. The van der Waals surface area contributed by atoms with E-state index in [0.29, 0.717) is 23.3 Å². The topological polar surface area (TPSA) is 57.7 Å². The number of rotatable bonds is 9. The molecular weight excluding hydrogens is 487 g/mol. The van der Waals surface area contributed by atoms with Crippen molar-refractivity contribution in [2.45, 2.75) is 76.9 Å². The van der Waals surface area contributed by atoms with E-state index in [1.165, 1.54) is 6.20 Å². The van der Waals surface area contributed by atoms with Crippen LogP contribution < -0.4 is 0 Å². The van der Waals surface area contributed by atoms with Gasteiger partial charge in [0.15, 0.2) is 8.32 Å². The van der Waals surface area contributed by atoms with Crippen LogP contribution >= 0.6 is 0 Å². The van der Waals surface area contributed by atoms with Crippen molar-refractivity contribution in [2.75, 3.05) is 19.8 Å². The normalized spacial score (nSPS) is 15.9. The lowest BCUT2D eigenvalue weighted by Gasteiger charge is -2.39. The van der Waals surface area contributed by atoms with Gasteiger partial charge in [-0.2, -0.15) is 13.2 Å². The summed E-state index contributed by atoms with van der Waals surface area (Å²) in [6.45, 7) is 13.3. The van der Waals surface area contributed by atoms with Crippen molar-refractivity contribution in [2.24, 2.45) is 0 Å². The molecule has 3 rings (SSSR count). The number of aromatic nitrogens is 1.